The van der Waals surface area contributed by atoms with E-state index in [2.05, 4.69) is 36.0 Å². The predicted octanol–water partition coefficient (Wildman–Crippen LogP) is 0.481. The van der Waals surface area contributed by atoms with Crippen molar-refractivity contribution in [1.29, 1.82) is 0 Å². The van der Waals surface area contributed by atoms with Gasteiger partial charge in [0.25, 0.3) is 0 Å². The second-order valence-corrected chi connectivity index (χ2v) is 6.28. The maximum atomic E-state index is 11.1. The third-order valence-corrected chi connectivity index (χ3v) is 4.32. The van der Waals surface area contributed by atoms with Crippen molar-refractivity contribution in [1.82, 2.24) is 15.2 Å². The quantitative estimate of drug-likeness (QED) is 0.855. The van der Waals surface area contributed by atoms with Crippen molar-refractivity contribution in [3.05, 3.63) is 22.8 Å². The van der Waals surface area contributed by atoms with Gasteiger partial charge in [-0.3, -0.25) is 9.69 Å². The number of pyridine rings is 1. The molecule has 0 saturated carbocycles. The Morgan fingerprint density at radius 2 is 2.14 bits per heavy atom. The summed E-state index contributed by atoms with van der Waals surface area (Å²) in [4.78, 5) is 20.2. The van der Waals surface area contributed by atoms with Gasteiger partial charge in [0, 0.05) is 49.9 Å². The monoisotopic (exact) mass is 354 g/mol. The zero-order valence-electron chi connectivity index (χ0n) is 11.8. The van der Waals surface area contributed by atoms with Crippen LogP contribution < -0.4 is 10.2 Å². The van der Waals surface area contributed by atoms with Gasteiger partial charge in [0.05, 0.1) is 6.10 Å². The molecule has 0 bridgehead atoms. The number of halogens is 1. The lowest BCUT2D eigenvalue weighted by Crippen LogP contribution is -2.53. The van der Waals surface area contributed by atoms with Crippen LogP contribution in [0.3, 0.4) is 0 Å². The number of piperazine rings is 1. The average Bonchev–Trinajstić information content (AvgIpc) is 2.51. The van der Waals surface area contributed by atoms with Crippen LogP contribution in [0.25, 0.3) is 0 Å². The Labute approximate surface area is 132 Å². The number of nitrogens with one attached hydrogen (secondary N) is 1. The van der Waals surface area contributed by atoms with Gasteiger partial charge in [-0.25, -0.2) is 4.98 Å². The summed E-state index contributed by atoms with van der Waals surface area (Å²) in [7, 11) is 0. The fourth-order valence-corrected chi connectivity index (χ4v) is 2.89. The van der Waals surface area contributed by atoms with Crippen molar-refractivity contribution >= 4 is 27.7 Å². The summed E-state index contributed by atoms with van der Waals surface area (Å²) in [6.45, 7) is 5.60. The summed E-state index contributed by atoms with van der Waals surface area (Å²) in [5.41, 5.74) is 0. The summed E-state index contributed by atoms with van der Waals surface area (Å²) in [5.74, 6) is 1.01. The highest BCUT2D eigenvalue weighted by Gasteiger charge is 2.24. The van der Waals surface area contributed by atoms with E-state index in [1.54, 1.807) is 0 Å². The van der Waals surface area contributed by atoms with Crippen LogP contribution in [-0.4, -0.2) is 67.8 Å². The van der Waals surface area contributed by atoms with Gasteiger partial charge in [-0.15, -0.1) is 0 Å². The molecule has 0 aromatic carbocycles. The third kappa shape index (κ3) is 3.93. The van der Waals surface area contributed by atoms with E-state index in [1.807, 2.05) is 18.3 Å². The number of rotatable bonds is 3. The minimum absolute atomic E-state index is 0.0163. The van der Waals surface area contributed by atoms with Crippen molar-refractivity contribution in [3.63, 3.8) is 0 Å². The van der Waals surface area contributed by atoms with E-state index in [0.717, 1.165) is 43.0 Å². The summed E-state index contributed by atoms with van der Waals surface area (Å²) in [6.07, 6.45) is 1.94. The zero-order valence-corrected chi connectivity index (χ0v) is 13.4. The van der Waals surface area contributed by atoms with E-state index in [-0.39, 0.29) is 18.6 Å². The lowest BCUT2D eigenvalue weighted by molar-refractivity contribution is -0.133. The molecule has 3 heterocycles. The molecule has 0 aliphatic carbocycles. The Morgan fingerprint density at radius 1 is 1.33 bits per heavy atom. The molecule has 0 spiro atoms. The molecule has 1 unspecified atom stereocenters. The number of amides is 1. The van der Waals surface area contributed by atoms with Gasteiger partial charge in [-0.2, -0.15) is 0 Å². The second kappa shape index (κ2) is 6.72. The number of ether oxygens (including phenoxy) is 1. The van der Waals surface area contributed by atoms with E-state index < -0.39 is 0 Å². The number of nitrogens with zero attached hydrogens (tertiary/aromatic N) is 3. The van der Waals surface area contributed by atoms with Gasteiger partial charge < -0.3 is 15.0 Å². The van der Waals surface area contributed by atoms with Gasteiger partial charge in [0.1, 0.15) is 12.4 Å². The summed E-state index contributed by atoms with van der Waals surface area (Å²) in [5, 5.41) is 2.85. The van der Waals surface area contributed by atoms with Gasteiger partial charge in [-0.05, 0) is 28.1 Å². The first-order chi connectivity index (χ1) is 10.2. The van der Waals surface area contributed by atoms with Gasteiger partial charge in [-0.1, -0.05) is 0 Å². The number of hydrogen-bond donors (Lipinski definition) is 1. The fraction of sp³-hybridized carbons (Fsp3) is 0.571. The molecule has 7 heteroatoms. The number of aromatic nitrogens is 1. The highest BCUT2D eigenvalue weighted by atomic mass is 79.9. The molecule has 2 aliphatic heterocycles. The lowest BCUT2D eigenvalue weighted by Gasteiger charge is -2.37. The standard InChI is InChI=1S/C14H19BrN4O2/c15-11-1-2-13(16-7-11)19-5-3-18(4-6-19)9-12-8-17-14(20)10-21-12/h1-2,7,12H,3-6,8-10H2,(H,17,20). The van der Waals surface area contributed by atoms with E-state index in [4.69, 9.17) is 4.74 Å². The number of carbonyl (C=O) groups excluding carboxylic acids is 1. The molecule has 6 nitrogen and oxygen atoms in total. The molecule has 1 amide bonds. The average molecular weight is 355 g/mol. The van der Waals surface area contributed by atoms with E-state index in [1.165, 1.54) is 0 Å². The van der Waals surface area contributed by atoms with Crippen LogP contribution >= 0.6 is 15.9 Å². The first-order valence-corrected chi connectivity index (χ1v) is 7.97. The fourth-order valence-electron chi connectivity index (χ4n) is 2.65. The Balaban J connectivity index is 1.46. The highest BCUT2D eigenvalue weighted by Crippen LogP contribution is 2.16. The minimum atomic E-state index is -0.0163. The Kier molecular flexibility index (Phi) is 4.72. The molecule has 21 heavy (non-hydrogen) atoms. The molecule has 1 atom stereocenters. The molecule has 1 aromatic heterocycles. The first-order valence-electron chi connectivity index (χ1n) is 7.18. The van der Waals surface area contributed by atoms with Crippen LogP contribution in [0.4, 0.5) is 5.82 Å². The maximum absolute atomic E-state index is 11.1. The zero-order chi connectivity index (χ0) is 14.7. The first kappa shape index (κ1) is 14.7. The van der Waals surface area contributed by atoms with Crippen molar-refractivity contribution in [2.45, 2.75) is 6.10 Å². The van der Waals surface area contributed by atoms with E-state index >= 15 is 0 Å². The Bertz CT molecular complexity index is 478. The molecule has 2 aliphatic rings. The number of hydrogen-bond acceptors (Lipinski definition) is 5. The molecule has 3 rings (SSSR count). The summed E-state index contributed by atoms with van der Waals surface area (Å²) >= 11 is 3.41. The molecular formula is C14H19BrN4O2. The molecule has 2 saturated heterocycles. The largest absolute Gasteiger partial charge is 0.365 e. The molecule has 114 valence electrons. The Morgan fingerprint density at radius 3 is 2.76 bits per heavy atom. The number of morpholine rings is 1. The van der Waals surface area contributed by atoms with E-state index in [9.17, 15) is 4.79 Å². The third-order valence-electron chi connectivity index (χ3n) is 3.85. The van der Waals surface area contributed by atoms with Gasteiger partial charge >= 0.3 is 0 Å². The summed E-state index contributed by atoms with van der Waals surface area (Å²) < 4.78 is 6.53. The van der Waals surface area contributed by atoms with Crippen LogP contribution in [0.2, 0.25) is 0 Å². The molecular weight excluding hydrogens is 336 g/mol. The van der Waals surface area contributed by atoms with Crippen molar-refractivity contribution in [2.24, 2.45) is 0 Å². The van der Waals surface area contributed by atoms with Crippen molar-refractivity contribution in [2.75, 3.05) is 50.8 Å². The minimum Gasteiger partial charge on any atom is -0.365 e. The topological polar surface area (TPSA) is 57.7 Å². The number of anilines is 1. The van der Waals surface area contributed by atoms with Crippen LogP contribution in [0.5, 0.6) is 0 Å². The van der Waals surface area contributed by atoms with Crippen LogP contribution in [0.15, 0.2) is 22.8 Å². The number of carbonyl (C=O) groups is 1. The summed E-state index contributed by atoms with van der Waals surface area (Å²) in [6, 6.07) is 4.06. The normalized spacial score (nSPS) is 24.0. The van der Waals surface area contributed by atoms with Crippen LogP contribution in [0, 0.1) is 0 Å². The highest BCUT2D eigenvalue weighted by molar-refractivity contribution is 9.10. The van der Waals surface area contributed by atoms with Crippen LogP contribution in [0.1, 0.15) is 0 Å². The van der Waals surface area contributed by atoms with Crippen molar-refractivity contribution in [3.8, 4) is 0 Å². The second-order valence-electron chi connectivity index (χ2n) is 5.36. The maximum Gasteiger partial charge on any atom is 0.246 e. The van der Waals surface area contributed by atoms with Gasteiger partial charge in [0.2, 0.25) is 5.91 Å². The van der Waals surface area contributed by atoms with Gasteiger partial charge in [0.15, 0.2) is 0 Å². The van der Waals surface area contributed by atoms with E-state index in [0.29, 0.717) is 6.54 Å². The van der Waals surface area contributed by atoms with Crippen LogP contribution in [-0.2, 0) is 9.53 Å². The van der Waals surface area contributed by atoms with Crippen molar-refractivity contribution < 1.29 is 9.53 Å². The molecule has 1 aromatic rings. The Hall–Kier alpha value is -1.18. The molecule has 1 N–H and O–H groups in total. The predicted molar refractivity (Wildman–Crippen MR) is 83.3 cm³/mol. The lowest BCUT2D eigenvalue weighted by atomic mass is 10.2. The molecule has 0 radical (unpaired) electrons. The molecule has 2 fully saturated rings. The SMILES string of the molecule is O=C1COC(CN2CCN(c3ccc(Br)cn3)CC2)CN1. The smallest absolute Gasteiger partial charge is 0.246 e.